The first-order valence-electron chi connectivity index (χ1n) is 5.45. The first kappa shape index (κ1) is 12.8. The van der Waals surface area contributed by atoms with E-state index >= 15 is 0 Å². The van der Waals surface area contributed by atoms with Crippen LogP contribution in [0.4, 0.5) is 0 Å². The molecule has 2 rings (SSSR count). The molecule has 6 nitrogen and oxygen atoms in total. The summed E-state index contributed by atoms with van der Waals surface area (Å²) in [7, 11) is 0. The molecule has 0 aliphatic carbocycles. The van der Waals surface area contributed by atoms with Gasteiger partial charge in [-0.2, -0.15) is 0 Å². The summed E-state index contributed by atoms with van der Waals surface area (Å²) < 4.78 is 4.98. The van der Waals surface area contributed by atoms with Gasteiger partial charge in [0, 0.05) is 5.56 Å². The van der Waals surface area contributed by atoms with Gasteiger partial charge < -0.3 is 14.7 Å². The molecule has 0 aliphatic heterocycles. The van der Waals surface area contributed by atoms with Crippen molar-refractivity contribution in [3.05, 3.63) is 40.6 Å². The zero-order valence-electron chi connectivity index (χ0n) is 10.3. The third-order valence-corrected chi connectivity index (χ3v) is 2.73. The molecule has 2 aromatic rings. The van der Waals surface area contributed by atoms with Crippen LogP contribution in [0.25, 0.3) is 11.3 Å². The lowest BCUT2D eigenvalue weighted by atomic mass is 9.99. The van der Waals surface area contributed by atoms with Crippen molar-refractivity contribution in [1.29, 1.82) is 0 Å². The first-order chi connectivity index (χ1) is 8.91. The van der Waals surface area contributed by atoms with Gasteiger partial charge in [0.25, 0.3) is 0 Å². The zero-order chi connectivity index (χ0) is 14.2. The lowest BCUT2D eigenvalue weighted by Crippen LogP contribution is -2.03. The summed E-state index contributed by atoms with van der Waals surface area (Å²) in [6.45, 7) is 3.24. The fourth-order valence-electron chi connectivity index (χ4n) is 1.84. The monoisotopic (exact) mass is 261 g/mol. The third-order valence-electron chi connectivity index (χ3n) is 2.73. The second-order valence-electron chi connectivity index (χ2n) is 4.13. The topological polar surface area (TPSA) is 101 Å². The summed E-state index contributed by atoms with van der Waals surface area (Å²) in [6, 6.07) is 4.66. The number of hydrogen-bond acceptors (Lipinski definition) is 4. The Morgan fingerprint density at radius 2 is 1.84 bits per heavy atom. The Kier molecular flexibility index (Phi) is 3.08. The number of aromatic carboxylic acids is 2. The van der Waals surface area contributed by atoms with E-state index in [4.69, 9.17) is 9.63 Å². The van der Waals surface area contributed by atoms with Crippen LogP contribution in [0.3, 0.4) is 0 Å². The van der Waals surface area contributed by atoms with Crippen LogP contribution < -0.4 is 0 Å². The molecule has 1 heterocycles. The van der Waals surface area contributed by atoms with Gasteiger partial charge in [0.15, 0.2) is 5.76 Å². The van der Waals surface area contributed by atoms with Gasteiger partial charge in [-0.3, -0.25) is 0 Å². The molecule has 0 radical (unpaired) electrons. The van der Waals surface area contributed by atoms with Crippen molar-refractivity contribution in [1.82, 2.24) is 5.16 Å². The normalized spacial score (nSPS) is 10.4. The summed E-state index contributed by atoms with van der Waals surface area (Å²) in [5.41, 5.74) is 1.04. The van der Waals surface area contributed by atoms with Gasteiger partial charge in [-0.15, -0.1) is 0 Å². The number of carboxylic acid groups (broad SMARTS) is 2. The lowest BCUT2D eigenvalue weighted by molar-refractivity contribution is 0.0683. The Morgan fingerprint density at radius 1 is 1.16 bits per heavy atom. The van der Waals surface area contributed by atoms with Crippen molar-refractivity contribution in [3.8, 4) is 11.3 Å². The number of carboxylic acids is 2. The summed E-state index contributed by atoms with van der Waals surface area (Å²) in [5.74, 6) is -2.39. The van der Waals surface area contributed by atoms with E-state index < -0.39 is 11.9 Å². The van der Waals surface area contributed by atoms with Crippen molar-refractivity contribution in [2.24, 2.45) is 0 Å². The maximum atomic E-state index is 11.2. The van der Waals surface area contributed by atoms with Gasteiger partial charge in [0.1, 0.15) is 5.56 Å². The molecule has 0 saturated heterocycles. The molecule has 0 spiro atoms. The standard InChI is InChI=1S/C13H11NO5/c1-6-3-4-8(9(5-6)12(15)16)11-10(13(17)18)7(2)14-19-11/h3-5H,1-2H3,(H,15,16)(H,17,18). The largest absolute Gasteiger partial charge is 0.478 e. The SMILES string of the molecule is Cc1ccc(-c2onc(C)c2C(=O)O)c(C(=O)O)c1. The van der Waals surface area contributed by atoms with Crippen LogP contribution in [-0.4, -0.2) is 27.3 Å². The van der Waals surface area contributed by atoms with E-state index in [0.29, 0.717) is 0 Å². The van der Waals surface area contributed by atoms with Crippen molar-refractivity contribution < 1.29 is 24.3 Å². The molecular weight excluding hydrogens is 250 g/mol. The number of rotatable bonds is 3. The molecule has 1 aromatic carbocycles. The minimum atomic E-state index is -1.20. The van der Waals surface area contributed by atoms with Crippen LogP contribution in [0, 0.1) is 13.8 Å². The highest BCUT2D eigenvalue weighted by molar-refractivity contribution is 6.01. The highest BCUT2D eigenvalue weighted by atomic mass is 16.5. The van der Waals surface area contributed by atoms with Crippen LogP contribution in [-0.2, 0) is 0 Å². The van der Waals surface area contributed by atoms with Crippen molar-refractivity contribution in [3.63, 3.8) is 0 Å². The molecular formula is C13H11NO5. The lowest BCUT2D eigenvalue weighted by Gasteiger charge is -2.05. The van der Waals surface area contributed by atoms with Crippen LogP contribution in [0.5, 0.6) is 0 Å². The quantitative estimate of drug-likeness (QED) is 0.879. The van der Waals surface area contributed by atoms with Crippen LogP contribution in [0.1, 0.15) is 32.0 Å². The Morgan fingerprint density at radius 3 is 2.42 bits per heavy atom. The van der Waals surface area contributed by atoms with E-state index in [1.54, 1.807) is 13.0 Å². The Balaban J connectivity index is 2.72. The van der Waals surface area contributed by atoms with Gasteiger partial charge in [0.05, 0.1) is 11.3 Å². The highest BCUT2D eigenvalue weighted by Crippen LogP contribution is 2.29. The molecule has 0 saturated carbocycles. The molecule has 0 unspecified atom stereocenters. The fraction of sp³-hybridized carbons (Fsp3) is 0.154. The molecule has 0 bridgehead atoms. The van der Waals surface area contributed by atoms with Crippen molar-refractivity contribution >= 4 is 11.9 Å². The highest BCUT2D eigenvalue weighted by Gasteiger charge is 2.24. The second kappa shape index (κ2) is 4.56. The predicted octanol–water partition coefficient (Wildman–Crippen LogP) is 2.35. The molecule has 6 heteroatoms. The minimum Gasteiger partial charge on any atom is -0.478 e. The first-order valence-corrected chi connectivity index (χ1v) is 5.45. The van der Waals surface area contributed by atoms with E-state index in [1.165, 1.54) is 19.1 Å². The number of nitrogens with zero attached hydrogens (tertiary/aromatic N) is 1. The maximum absolute atomic E-state index is 11.2. The van der Waals surface area contributed by atoms with E-state index in [9.17, 15) is 14.7 Å². The fourth-order valence-corrected chi connectivity index (χ4v) is 1.84. The van der Waals surface area contributed by atoms with E-state index in [-0.39, 0.29) is 28.1 Å². The number of benzene rings is 1. The average molecular weight is 261 g/mol. The molecule has 0 amide bonds. The number of carbonyl (C=O) groups is 2. The van der Waals surface area contributed by atoms with E-state index in [0.717, 1.165) is 5.56 Å². The third kappa shape index (κ3) is 2.20. The van der Waals surface area contributed by atoms with Crippen molar-refractivity contribution in [2.45, 2.75) is 13.8 Å². The smallest absolute Gasteiger partial charge is 0.341 e. The number of hydrogen-bond donors (Lipinski definition) is 2. The number of aromatic nitrogens is 1. The summed E-state index contributed by atoms with van der Waals surface area (Å²) in [6.07, 6.45) is 0. The maximum Gasteiger partial charge on any atom is 0.341 e. The molecule has 0 fully saturated rings. The molecule has 2 N–H and O–H groups in total. The molecule has 1 aromatic heterocycles. The zero-order valence-corrected chi connectivity index (χ0v) is 10.3. The average Bonchev–Trinajstić information content (AvgIpc) is 2.70. The summed E-state index contributed by atoms with van der Waals surface area (Å²) >= 11 is 0. The van der Waals surface area contributed by atoms with Gasteiger partial charge >= 0.3 is 11.9 Å². The Hall–Kier alpha value is -2.63. The molecule has 19 heavy (non-hydrogen) atoms. The van der Waals surface area contributed by atoms with Crippen LogP contribution >= 0.6 is 0 Å². The van der Waals surface area contributed by atoms with Crippen molar-refractivity contribution in [2.75, 3.05) is 0 Å². The molecule has 0 aliphatic rings. The van der Waals surface area contributed by atoms with Gasteiger partial charge in [0.2, 0.25) is 0 Å². The van der Waals surface area contributed by atoms with Gasteiger partial charge in [-0.25, -0.2) is 9.59 Å². The number of aryl methyl sites for hydroxylation is 2. The van der Waals surface area contributed by atoms with E-state index in [1.807, 2.05) is 0 Å². The van der Waals surface area contributed by atoms with Crippen LogP contribution in [0.15, 0.2) is 22.7 Å². The Labute approximate surface area is 108 Å². The molecule has 98 valence electrons. The Bertz CT molecular complexity index is 672. The van der Waals surface area contributed by atoms with Gasteiger partial charge in [-0.05, 0) is 26.0 Å². The molecule has 0 atom stereocenters. The van der Waals surface area contributed by atoms with E-state index in [2.05, 4.69) is 5.16 Å². The summed E-state index contributed by atoms with van der Waals surface area (Å²) in [4.78, 5) is 22.4. The minimum absolute atomic E-state index is 0.0151. The van der Waals surface area contributed by atoms with Gasteiger partial charge in [-0.1, -0.05) is 16.8 Å². The predicted molar refractivity (Wildman–Crippen MR) is 65.3 cm³/mol. The van der Waals surface area contributed by atoms with Crippen LogP contribution in [0.2, 0.25) is 0 Å². The second-order valence-corrected chi connectivity index (χ2v) is 4.13. The summed E-state index contributed by atoms with van der Waals surface area (Å²) in [5, 5.41) is 21.9.